The van der Waals surface area contributed by atoms with Crippen LogP contribution in [0.25, 0.3) is 10.9 Å². The summed E-state index contributed by atoms with van der Waals surface area (Å²) in [5.74, 6) is 0.313. The Morgan fingerprint density at radius 2 is 1.91 bits per heavy atom. The van der Waals surface area contributed by atoms with Gasteiger partial charge in [0.15, 0.2) is 0 Å². The van der Waals surface area contributed by atoms with Crippen molar-refractivity contribution in [2.75, 3.05) is 23.3 Å². The van der Waals surface area contributed by atoms with E-state index in [-0.39, 0.29) is 18.3 Å². The van der Waals surface area contributed by atoms with Crippen LogP contribution in [-0.4, -0.2) is 34.2 Å². The number of halogens is 1. The first kappa shape index (κ1) is 21.7. The Morgan fingerprint density at radius 1 is 1.06 bits per heavy atom. The number of aromatic nitrogens is 3. The standard InChI is InChI=1S/C25H23N5O.ClH/c1-17-13-24(30-12-10-20(16-30)18-5-3-2-4-6-18)22-14-21(7-8-23(22)28-17)29-25(31)19-9-11-26-27-15-19;/h2-9,11,13-15,20H,10,12,16H2,1H3,(H,29,31);1H. The molecule has 0 spiro atoms. The van der Waals surface area contributed by atoms with Crippen LogP contribution >= 0.6 is 12.4 Å². The first-order valence-corrected chi connectivity index (χ1v) is 10.5. The molecule has 2 aromatic carbocycles. The summed E-state index contributed by atoms with van der Waals surface area (Å²) >= 11 is 0. The Bertz CT molecular complexity index is 1230. The number of nitrogens with one attached hydrogen (secondary N) is 1. The van der Waals surface area contributed by atoms with Crippen LogP contribution < -0.4 is 10.2 Å². The molecule has 1 atom stereocenters. The summed E-state index contributed by atoms with van der Waals surface area (Å²) in [5, 5.41) is 11.5. The molecule has 1 N–H and O–H groups in total. The molecule has 0 radical (unpaired) electrons. The van der Waals surface area contributed by atoms with Crippen molar-refractivity contribution in [3.63, 3.8) is 0 Å². The Balaban J connectivity index is 0.00000245. The third kappa shape index (κ3) is 4.41. The van der Waals surface area contributed by atoms with Crippen molar-refractivity contribution in [3.8, 4) is 0 Å². The van der Waals surface area contributed by atoms with Crippen LogP contribution in [0.3, 0.4) is 0 Å². The van der Waals surface area contributed by atoms with Crippen LogP contribution in [0.2, 0.25) is 0 Å². The molecule has 0 saturated carbocycles. The second kappa shape index (κ2) is 9.32. The molecule has 1 aliphatic rings. The number of benzene rings is 2. The van der Waals surface area contributed by atoms with Gasteiger partial charge in [0.1, 0.15) is 0 Å². The van der Waals surface area contributed by atoms with Gasteiger partial charge in [0, 0.05) is 41.5 Å². The number of fused-ring (bicyclic) bond motifs is 1. The number of carbonyl (C=O) groups excluding carboxylic acids is 1. The van der Waals surface area contributed by atoms with Gasteiger partial charge >= 0.3 is 0 Å². The average Bonchev–Trinajstić information content (AvgIpc) is 3.30. The smallest absolute Gasteiger partial charge is 0.257 e. The third-order valence-corrected chi connectivity index (χ3v) is 5.82. The van der Waals surface area contributed by atoms with Gasteiger partial charge in [0.05, 0.1) is 23.5 Å². The maximum absolute atomic E-state index is 12.5. The highest BCUT2D eigenvalue weighted by atomic mass is 35.5. The topological polar surface area (TPSA) is 71.0 Å². The second-order valence-electron chi connectivity index (χ2n) is 7.94. The zero-order chi connectivity index (χ0) is 21.2. The van der Waals surface area contributed by atoms with Gasteiger partial charge in [-0.1, -0.05) is 30.3 Å². The molecule has 1 unspecified atom stereocenters. The van der Waals surface area contributed by atoms with E-state index in [9.17, 15) is 4.79 Å². The minimum Gasteiger partial charge on any atom is -0.370 e. The molecule has 4 aromatic rings. The lowest BCUT2D eigenvalue weighted by Crippen LogP contribution is -2.20. The van der Waals surface area contributed by atoms with E-state index in [4.69, 9.17) is 4.98 Å². The molecule has 3 heterocycles. The van der Waals surface area contributed by atoms with E-state index in [0.29, 0.717) is 11.5 Å². The molecule has 162 valence electrons. The van der Waals surface area contributed by atoms with Crippen LogP contribution in [0.15, 0.2) is 73.1 Å². The minimum absolute atomic E-state index is 0. The van der Waals surface area contributed by atoms with Gasteiger partial charge in [-0.2, -0.15) is 10.2 Å². The normalized spacial score (nSPS) is 15.4. The van der Waals surface area contributed by atoms with Crippen LogP contribution in [0.1, 0.15) is 34.0 Å². The first-order valence-electron chi connectivity index (χ1n) is 10.5. The third-order valence-electron chi connectivity index (χ3n) is 5.82. The Morgan fingerprint density at radius 3 is 2.69 bits per heavy atom. The van der Waals surface area contributed by atoms with Crippen molar-refractivity contribution < 1.29 is 4.79 Å². The molecule has 0 bridgehead atoms. The summed E-state index contributed by atoms with van der Waals surface area (Å²) in [5.41, 5.74) is 5.69. The lowest BCUT2D eigenvalue weighted by molar-refractivity contribution is 0.102. The van der Waals surface area contributed by atoms with E-state index in [1.54, 1.807) is 6.07 Å². The van der Waals surface area contributed by atoms with E-state index >= 15 is 0 Å². The number of hydrogen-bond donors (Lipinski definition) is 1. The molecule has 7 heteroatoms. The number of carbonyl (C=O) groups is 1. The van der Waals surface area contributed by atoms with Gasteiger partial charge < -0.3 is 10.2 Å². The van der Waals surface area contributed by atoms with Gasteiger partial charge in [0.2, 0.25) is 0 Å². The molecule has 1 amide bonds. The molecule has 1 fully saturated rings. The quantitative estimate of drug-likeness (QED) is 0.478. The molecule has 6 nitrogen and oxygen atoms in total. The maximum atomic E-state index is 12.5. The highest BCUT2D eigenvalue weighted by Crippen LogP contribution is 2.35. The zero-order valence-electron chi connectivity index (χ0n) is 17.7. The summed E-state index contributed by atoms with van der Waals surface area (Å²) in [6.07, 6.45) is 4.09. The Kier molecular flexibility index (Phi) is 6.32. The fraction of sp³-hybridized carbons (Fsp3) is 0.200. The minimum atomic E-state index is -0.207. The molecule has 0 aliphatic carbocycles. The Labute approximate surface area is 193 Å². The number of rotatable bonds is 4. The van der Waals surface area contributed by atoms with E-state index in [0.717, 1.165) is 41.8 Å². The number of pyridine rings is 1. The van der Waals surface area contributed by atoms with E-state index in [1.165, 1.54) is 23.6 Å². The summed E-state index contributed by atoms with van der Waals surface area (Å²) in [7, 11) is 0. The van der Waals surface area contributed by atoms with Crippen molar-refractivity contribution >= 4 is 40.6 Å². The predicted octanol–water partition coefficient (Wildman–Crippen LogP) is 5.00. The zero-order valence-corrected chi connectivity index (χ0v) is 18.5. The number of hydrogen-bond acceptors (Lipinski definition) is 5. The highest BCUT2D eigenvalue weighted by molar-refractivity contribution is 6.05. The second-order valence-corrected chi connectivity index (χ2v) is 7.94. The maximum Gasteiger partial charge on any atom is 0.257 e. The number of anilines is 2. The molecule has 32 heavy (non-hydrogen) atoms. The van der Waals surface area contributed by atoms with Gasteiger partial charge in [-0.05, 0) is 49.2 Å². The molecule has 1 saturated heterocycles. The summed E-state index contributed by atoms with van der Waals surface area (Å²) < 4.78 is 0. The van der Waals surface area contributed by atoms with Crippen LogP contribution in [0.4, 0.5) is 11.4 Å². The lowest BCUT2D eigenvalue weighted by atomic mass is 9.99. The Hall–Kier alpha value is -3.51. The highest BCUT2D eigenvalue weighted by Gasteiger charge is 2.25. The average molecular weight is 446 g/mol. The largest absolute Gasteiger partial charge is 0.370 e. The van der Waals surface area contributed by atoms with Gasteiger partial charge in [-0.3, -0.25) is 9.78 Å². The number of nitrogens with zero attached hydrogens (tertiary/aromatic N) is 4. The monoisotopic (exact) mass is 445 g/mol. The predicted molar refractivity (Wildman–Crippen MR) is 130 cm³/mol. The molecule has 2 aromatic heterocycles. The van der Waals surface area contributed by atoms with Crippen molar-refractivity contribution in [2.45, 2.75) is 19.3 Å². The first-order chi connectivity index (χ1) is 15.2. The van der Waals surface area contributed by atoms with Crippen molar-refractivity contribution in [1.29, 1.82) is 0 Å². The van der Waals surface area contributed by atoms with Crippen LogP contribution in [0.5, 0.6) is 0 Å². The molecule has 5 rings (SSSR count). The number of amides is 1. The van der Waals surface area contributed by atoms with E-state index in [2.05, 4.69) is 56.8 Å². The molecular weight excluding hydrogens is 422 g/mol. The summed E-state index contributed by atoms with van der Waals surface area (Å²) in [6.45, 7) is 4.00. The lowest BCUT2D eigenvalue weighted by Gasteiger charge is -2.22. The van der Waals surface area contributed by atoms with Gasteiger partial charge in [-0.25, -0.2) is 0 Å². The van der Waals surface area contributed by atoms with Gasteiger partial charge in [0.25, 0.3) is 5.91 Å². The summed E-state index contributed by atoms with van der Waals surface area (Å²) in [4.78, 5) is 19.7. The SMILES string of the molecule is Cc1cc(N2CCC(c3ccccc3)C2)c2cc(NC(=O)c3ccnnc3)ccc2n1.Cl. The van der Waals surface area contributed by atoms with E-state index < -0.39 is 0 Å². The fourth-order valence-electron chi connectivity index (χ4n) is 4.28. The van der Waals surface area contributed by atoms with E-state index in [1.807, 2.05) is 25.1 Å². The summed E-state index contributed by atoms with van der Waals surface area (Å²) in [6, 6.07) is 20.4. The number of aryl methyl sites for hydroxylation is 1. The van der Waals surface area contributed by atoms with Crippen LogP contribution in [0, 0.1) is 6.92 Å². The molecular formula is C25H24ClN5O. The van der Waals surface area contributed by atoms with Crippen molar-refractivity contribution in [3.05, 3.63) is 89.9 Å². The molecule has 1 aliphatic heterocycles. The fourth-order valence-corrected chi connectivity index (χ4v) is 4.28. The van der Waals surface area contributed by atoms with Crippen molar-refractivity contribution in [2.24, 2.45) is 0 Å². The van der Waals surface area contributed by atoms with Gasteiger partial charge in [-0.15, -0.1) is 12.4 Å². The van der Waals surface area contributed by atoms with Crippen LogP contribution in [-0.2, 0) is 0 Å². The van der Waals surface area contributed by atoms with Crippen molar-refractivity contribution in [1.82, 2.24) is 15.2 Å².